The van der Waals surface area contributed by atoms with Crippen LogP contribution < -0.4 is 4.31 Å². The Morgan fingerprint density at radius 3 is 2.56 bits per heavy atom. The molecule has 2 N–H and O–H groups in total. The molecule has 174 valence electrons. The number of aryl methyl sites for hydroxylation is 1. The maximum absolute atomic E-state index is 13.4. The molecule has 11 heteroatoms. The minimum atomic E-state index is -4.10. The van der Waals surface area contributed by atoms with E-state index in [2.05, 4.69) is 31.1 Å². The summed E-state index contributed by atoms with van der Waals surface area (Å²) < 4.78 is 28.6. The Labute approximate surface area is 209 Å². The molecule has 0 fully saturated rings. The van der Waals surface area contributed by atoms with Crippen LogP contribution in [-0.4, -0.2) is 31.0 Å². The van der Waals surface area contributed by atoms with Gasteiger partial charge in [-0.05, 0) is 61.0 Å². The third kappa shape index (κ3) is 4.84. The van der Waals surface area contributed by atoms with Crippen molar-refractivity contribution in [1.82, 2.24) is 4.98 Å². The monoisotopic (exact) mass is 560 g/mol. The van der Waals surface area contributed by atoms with Crippen molar-refractivity contribution in [3.63, 3.8) is 0 Å². The van der Waals surface area contributed by atoms with Gasteiger partial charge in [0, 0.05) is 14.9 Å². The Balaban J connectivity index is 1.70. The van der Waals surface area contributed by atoms with Crippen LogP contribution >= 0.6 is 27.5 Å². The molecular weight excluding hydrogens is 544 g/mol. The lowest BCUT2D eigenvalue weighted by atomic mass is 10.2. The number of aromatic nitrogens is 1. The van der Waals surface area contributed by atoms with Gasteiger partial charge in [-0.25, -0.2) is 8.42 Å². The number of nitrogens with zero attached hydrogens (tertiary/aromatic N) is 3. The molecule has 4 rings (SSSR count). The van der Waals surface area contributed by atoms with E-state index in [1.807, 2.05) is 0 Å². The Morgan fingerprint density at radius 1 is 1.12 bits per heavy atom. The van der Waals surface area contributed by atoms with Gasteiger partial charge in [-0.1, -0.05) is 45.7 Å². The normalized spacial score (nSPS) is 11.9. The van der Waals surface area contributed by atoms with E-state index in [-0.39, 0.29) is 22.2 Å². The first-order valence-corrected chi connectivity index (χ1v) is 12.6. The van der Waals surface area contributed by atoms with Crippen LogP contribution in [0.1, 0.15) is 5.56 Å². The topological polar surface area (TPSA) is 115 Å². The number of aromatic hydroxyl groups is 1. The van der Waals surface area contributed by atoms with Crippen LogP contribution in [-0.2, 0) is 14.8 Å². The lowest BCUT2D eigenvalue weighted by molar-refractivity contribution is -0.116. The number of azo groups is 1. The Morgan fingerprint density at radius 2 is 1.85 bits per heavy atom. The molecule has 0 aliphatic rings. The molecule has 1 aromatic heterocycles. The summed E-state index contributed by atoms with van der Waals surface area (Å²) in [5.41, 5.74) is 1.53. The van der Waals surface area contributed by atoms with Crippen molar-refractivity contribution in [3.8, 4) is 5.88 Å². The van der Waals surface area contributed by atoms with Gasteiger partial charge in [0.2, 0.25) is 5.88 Å². The zero-order chi connectivity index (χ0) is 24.5. The van der Waals surface area contributed by atoms with Gasteiger partial charge in [-0.2, -0.15) is 0 Å². The van der Waals surface area contributed by atoms with Crippen molar-refractivity contribution in [1.29, 1.82) is 0 Å². The average Bonchev–Trinajstić information content (AvgIpc) is 3.11. The maximum atomic E-state index is 13.4. The lowest BCUT2D eigenvalue weighted by Crippen LogP contribution is -2.35. The standard InChI is InChI=1S/C23H18BrClN4O4S/c1-14-11-16(25)8-10-20(14)29(34(32,33)17-5-3-2-4-6-17)13-21(30)27-28-22-18-12-15(24)7-9-19(18)26-23(22)31/h2-12,26,31H,13H2,1H3. The molecule has 0 radical (unpaired) electrons. The molecule has 3 aromatic carbocycles. The fourth-order valence-corrected chi connectivity index (χ4v) is 5.50. The largest absolute Gasteiger partial charge is 0.493 e. The predicted octanol–water partition coefficient (Wildman–Crippen LogP) is 6.10. The van der Waals surface area contributed by atoms with Crippen LogP contribution in [0, 0.1) is 6.92 Å². The highest BCUT2D eigenvalue weighted by Gasteiger charge is 2.28. The molecule has 0 bridgehead atoms. The molecule has 8 nitrogen and oxygen atoms in total. The van der Waals surface area contributed by atoms with Gasteiger partial charge in [-0.15, -0.1) is 10.2 Å². The number of hydrogen-bond donors (Lipinski definition) is 2. The van der Waals surface area contributed by atoms with Crippen LogP contribution in [0.4, 0.5) is 11.4 Å². The number of nitrogens with one attached hydrogen (secondary N) is 1. The molecular formula is C23H18BrClN4O4S. The summed E-state index contributed by atoms with van der Waals surface area (Å²) in [6, 6.07) is 17.7. The number of rotatable bonds is 6. The second-order valence-corrected chi connectivity index (χ2v) is 10.6. The lowest BCUT2D eigenvalue weighted by Gasteiger charge is -2.24. The van der Waals surface area contributed by atoms with Crippen molar-refractivity contribution in [3.05, 3.63) is 81.8 Å². The van der Waals surface area contributed by atoms with Crippen molar-refractivity contribution >= 4 is 65.7 Å². The van der Waals surface area contributed by atoms with Crippen molar-refractivity contribution in [2.45, 2.75) is 11.8 Å². The third-order valence-electron chi connectivity index (χ3n) is 5.01. The van der Waals surface area contributed by atoms with E-state index >= 15 is 0 Å². The number of H-pyrrole nitrogens is 1. The van der Waals surface area contributed by atoms with E-state index in [0.29, 0.717) is 21.5 Å². The molecule has 0 atom stereocenters. The number of carbonyl (C=O) groups excluding carboxylic acids is 1. The Bertz CT molecular complexity index is 1520. The molecule has 0 aliphatic heterocycles. The highest BCUT2D eigenvalue weighted by Crippen LogP contribution is 2.37. The highest BCUT2D eigenvalue weighted by atomic mass is 79.9. The Hall–Kier alpha value is -3.21. The number of benzene rings is 3. The summed E-state index contributed by atoms with van der Waals surface area (Å²) in [6.45, 7) is 1.10. The molecule has 1 heterocycles. The summed E-state index contributed by atoms with van der Waals surface area (Å²) in [4.78, 5) is 15.6. The van der Waals surface area contributed by atoms with Crippen LogP contribution in [0.3, 0.4) is 0 Å². The van der Waals surface area contributed by atoms with Gasteiger partial charge in [0.15, 0.2) is 5.69 Å². The third-order valence-corrected chi connectivity index (χ3v) is 7.52. The van der Waals surface area contributed by atoms with Crippen LogP contribution in [0.15, 0.2) is 86.3 Å². The first-order chi connectivity index (χ1) is 16.2. The number of aromatic amines is 1. The van der Waals surface area contributed by atoms with E-state index < -0.39 is 22.5 Å². The van der Waals surface area contributed by atoms with Crippen molar-refractivity contribution in [2.24, 2.45) is 10.2 Å². The summed E-state index contributed by atoms with van der Waals surface area (Å²) in [6.07, 6.45) is 0. The first kappa shape index (κ1) is 23.9. The smallest absolute Gasteiger partial charge is 0.285 e. The summed E-state index contributed by atoms with van der Waals surface area (Å²) in [7, 11) is -4.10. The van der Waals surface area contributed by atoms with Crippen molar-refractivity contribution < 1.29 is 18.3 Å². The maximum Gasteiger partial charge on any atom is 0.285 e. The number of anilines is 1. The number of fused-ring (bicyclic) bond motifs is 1. The van der Waals surface area contributed by atoms with E-state index in [0.717, 1.165) is 8.78 Å². The van der Waals surface area contributed by atoms with Crippen LogP contribution in [0.5, 0.6) is 5.88 Å². The minimum Gasteiger partial charge on any atom is -0.493 e. The molecule has 4 aromatic rings. The van der Waals surface area contributed by atoms with Crippen molar-refractivity contribution in [2.75, 3.05) is 10.8 Å². The van der Waals surface area contributed by atoms with Crippen LogP contribution in [0.25, 0.3) is 10.9 Å². The molecule has 0 saturated heterocycles. The van der Waals surface area contributed by atoms with Gasteiger partial charge < -0.3 is 10.1 Å². The second kappa shape index (κ2) is 9.57. The molecule has 0 unspecified atom stereocenters. The average molecular weight is 562 g/mol. The van der Waals surface area contributed by atoms with Gasteiger partial charge >= 0.3 is 0 Å². The van der Waals surface area contributed by atoms with E-state index in [1.165, 1.54) is 18.2 Å². The van der Waals surface area contributed by atoms with Gasteiger partial charge in [-0.3, -0.25) is 9.10 Å². The van der Waals surface area contributed by atoms with Gasteiger partial charge in [0.1, 0.15) is 6.54 Å². The molecule has 0 saturated carbocycles. The Kier molecular flexibility index (Phi) is 6.74. The van der Waals surface area contributed by atoms with E-state index in [1.54, 1.807) is 55.5 Å². The second-order valence-electron chi connectivity index (χ2n) is 7.36. The fraction of sp³-hybridized carbons (Fsp3) is 0.0870. The summed E-state index contributed by atoms with van der Waals surface area (Å²) in [5.74, 6) is -1.08. The predicted molar refractivity (Wildman–Crippen MR) is 134 cm³/mol. The summed E-state index contributed by atoms with van der Waals surface area (Å²) in [5, 5.41) is 18.8. The zero-order valence-corrected chi connectivity index (χ0v) is 20.9. The van der Waals surface area contributed by atoms with E-state index in [4.69, 9.17) is 11.6 Å². The number of hydrogen-bond acceptors (Lipinski definition) is 5. The fourth-order valence-electron chi connectivity index (χ4n) is 3.42. The molecule has 1 amide bonds. The summed E-state index contributed by atoms with van der Waals surface area (Å²) >= 11 is 9.39. The van der Waals surface area contributed by atoms with Crippen LogP contribution in [0.2, 0.25) is 5.02 Å². The molecule has 0 spiro atoms. The number of amides is 1. The van der Waals surface area contributed by atoms with Gasteiger partial charge in [0.05, 0.1) is 16.1 Å². The number of halogens is 2. The zero-order valence-electron chi connectivity index (χ0n) is 17.7. The highest BCUT2D eigenvalue weighted by molar-refractivity contribution is 9.10. The number of carbonyl (C=O) groups is 1. The number of sulfonamides is 1. The molecule has 0 aliphatic carbocycles. The first-order valence-electron chi connectivity index (χ1n) is 9.95. The SMILES string of the molecule is Cc1cc(Cl)ccc1N(CC(=O)N=Nc1c(O)[nH]c2ccc(Br)cc12)S(=O)(=O)c1ccccc1. The van der Waals surface area contributed by atoms with E-state index in [9.17, 15) is 18.3 Å². The minimum absolute atomic E-state index is 0.0215. The molecule has 34 heavy (non-hydrogen) atoms. The van der Waals surface area contributed by atoms with Gasteiger partial charge in [0.25, 0.3) is 15.9 Å². The quantitative estimate of drug-likeness (QED) is 0.277.